The minimum Gasteiger partial charge on any atom is -0.380 e. The molecule has 0 spiro atoms. The van der Waals surface area contributed by atoms with Crippen LogP contribution in [0, 0.1) is 0 Å². The number of nitrogens with one attached hydrogen (secondary N) is 2. The van der Waals surface area contributed by atoms with Crippen LogP contribution in [-0.4, -0.2) is 57.2 Å². The predicted octanol–water partition coefficient (Wildman–Crippen LogP) is 0.468. The molecule has 110 valence electrons. The van der Waals surface area contributed by atoms with Crippen LogP contribution in [0.25, 0.3) is 0 Å². The molecular weight excluding hydrogens is 254 g/mol. The summed E-state index contributed by atoms with van der Waals surface area (Å²) in [5.41, 5.74) is 1.77. The number of hydrogen-bond acceptors (Lipinski definition) is 4. The van der Waals surface area contributed by atoms with Crippen molar-refractivity contribution in [1.82, 2.24) is 15.5 Å². The van der Waals surface area contributed by atoms with Crippen molar-refractivity contribution >= 4 is 5.91 Å². The molecule has 0 radical (unpaired) electrons. The normalized spacial score (nSPS) is 16.1. The highest BCUT2D eigenvalue weighted by Crippen LogP contribution is 2.05. The molecule has 1 heterocycles. The predicted molar refractivity (Wildman–Crippen MR) is 78.8 cm³/mol. The van der Waals surface area contributed by atoms with E-state index in [-0.39, 0.29) is 5.91 Å². The third kappa shape index (κ3) is 4.59. The monoisotopic (exact) mass is 277 g/mol. The van der Waals surface area contributed by atoms with Crippen LogP contribution in [0.2, 0.25) is 0 Å². The van der Waals surface area contributed by atoms with Crippen LogP contribution in [-0.2, 0) is 11.3 Å². The molecule has 2 rings (SSSR count). The summed E-state index contributed by atoms with van der Waals surface area (Å²) < 4.78 is 5.05. The zero-order valence-corrected chi connectivity index (χ0v) is 12.0. The van der Waals surface area contributed by atoms with Gasteiger partial charge in [-0.2, -0.15) is 0 Å². The standard InChI is InChI=1S/C15H23N3O2/c1-20-12-13-2-4-14(5-3-13)15(19)17-8-11-18-9-6-16-7-10-18/h2-5,16H,6-12H2,1H3,(H,17,19). The Hall–Kier alpha value is -1.43. The number of piperazine rings is 1. The molecule has 0 aliphatic carbocycles. The molecule has 0 unspecified atom stereocenters. The highest BCUT2D eigenvalue weighted by molar-refractivity contribution is 5.94. The number of benzene rings is 1. The zero-order chi connectivity index (χ0) is 14.2. The van der Waals surface area contributed by atoms with E-state index >= 15 is 0 Å². The van der Waals surface area contributed by atoms with E-state index in [9.17, 15) is 4.79 Å². The van der Waals surface area contributed by atoms with Crippen LogP contribution in [0.15, 0.2) is 24.3 Å². The summed E-state index contributed by atoms with van der Waals surface area (Å²) in [7, 11) is 1.66. The molecule has 1 aromatic rings. The topological polar surface area (TPSA) is 53.6 Å². The number of methoxy groups -OCH3 is 1. The van der Waals surface area contributed by atoms with E-state index in [2.05, 4.69) is 15.5 Å². The van der Waals surface area contributed by atoms with E-state index in [1.807, 2.05) is 24.3 Å². The van der Waals surface area contributed by atoms with Crippen LogP contribution in [0.5, 0.6) is 0 Å². The van der Waals surface area contributed by atoms with Gasteiger partial charge in [0, 0.05) is 51.9 Å². The lowest BCUT2D eigenvalue weighted by Crippen LogP contribution is -2.46. The minimum atomic E-state index is -0.0101. The van der Waals surface area contributed by atoms with Crippen LogP contribution in [0.4, 0.5) is 0 Å². The lowest BCUT2D eigenvalue weighted by Gasteiger charge is -2.27. The molecule has 0 atom stereocenters. The second-order valence-corrected chi connectivity index (χ2v) is 4.98. The number of carbonyl (C=O) groups excluding carboxylic acids is 1. The van der Waals surface area contributed by atoms with Crippen molar-refractivity contribution < 1.29 is 9.53 Å². The third-order valence-electron chi connectivity index (χ3n) is 3.45. The van der Waals surface area contributed by atoms with E-state index in [1.165, 1.54) is 0 Å². The highest BCUT2D eigenvalue weighted by Gasteiger charge is 2.10. The molecule has 1 fully saturated rings. The first kappa shape index (κ1) is 15.0. The van der Waals surface area contributed by atoms with E-state index in [0.29, 0.717) is 18.7 Å². The summed E-state index contributed by atoms with van der Waals surface area (Å²) in [6.45, 7) is 6.37. The van der Waals surface area contributed by atoms with Crippen LogP contribution >= 0.6 is 0 Å². The fourth-order valence-corrected chi connectivity index (χ4v) is 2.28. The fourth-order valence-electron chi connectivity index (χ4n) is 2.28. The first-order chi connectivity index (χ1) is 9.79. The lowest BCUT2D eigenvalue weighted by molar-refractivity contribution is 0.0947. The summed E-state index contributed by atoms with van der Waals surface area (Å²) >= 11 is 0. The summed E-state index contributed by atoms with van der Waals surface area (Å²) in [5, 5.41) is 6.28. The maximum absolute atomic E-state index is 12.0. The van der Waals surface area contributed by atoms with Gasteiger partial charge in [0.05, 0.1) is 6.61 Å². The van der Waals surface area contributed by atoms with Crippen molar-refractivity contribution in [2.24, 2.45) is 0 Å². The maximum Gasteiger partial charge on any atom is 0.251 e. The number of amides is 1. The molecule has 2 N–H and O–H groups in total. The quantitative estimate of drug-likeness (QED) is 0.793. The molecule has 1 saturated heterocycles. The van der Waals surface area contributed by atoms with Gasteiger partial charge in [-0.1, -0.05) is 12.1 Å². The van der Waals surface area contributed by atoms with Gasteiger partial charge in [-0.3, -0.25) is 9.69 Å². The molecule has 5 heteroatoms. The molecule has 0 bridgehead atoms. The van der Waals surface area contributed by atoms with Gasteiger partial charge in [-0.15, -0.1) is 0 Å². The van der Waals surface area contributed by atoms with Gasteiger partial charge in [0.1, 0.15) is 0 Å². The third-order valence-corrected chi connectivity index (χ3v) is 3.45. The Labute approximate surface area is 120 Å². The molecule has 1 amide bonds. The number of ether oxygens (including phenoxy) is 1. The average molecular weight is 277 g/mol. The van der Waals surface area contributed by atoms with Crippen molar-refractivity contribution in [3.05, 3.63) is 35.4 Å². The Bertz CT molecular complexity index is 414. The van der Waals surface area contributed by atoms with Crippen LogP contribution in [0.1, 0.15) is 15.9 Å². The van der Waals surface area contributed by atoms with E-state index in [1.54, 1.807) is 7.11 Å². The van der Waals surface area contributed by atoms with Gasteiger partial charge < -0.3 is 15.4 Å². The second kappa shape index (κ2) is 7.99. The largest absolute Gasteiger partial charge is 0.380 e. The summed E-state index contributed by atoms with van der Waals surface area (Å²) in [5.74, 6) is -0.0101. The molecule has 1 aliphatic rings. The smallest absolute Gasteiger partial charge is 0.251 e. The van der Waals surface area contributed by atoms with Gasteiger partial charge in [0.15, 0.2) is 0 Å². The van der Waals surface area contributed by atoms with Crippen molar-refractivity contribution in [1.29, 1.82) is 0 Å². The van der Waals surface area contributed by atoms with Gasteiger partial charge in [-0.05, 0) is 17.7 Å². The van der Waals surface area contributed by atoms with Crippen LogP contribution in [0.3, 0.4) is 0 Å². The van der Waals surface area contributed by atoms with E-state index in [4.69, 9.17) is 4.74 Å². The molecule has 0 aromatic heterocycles. The van der Waals surface area contributed by atoms with Crippen molar-refractivity contribution in [3.63, 3.8) is 0 Å². The average Bonchev–Trinajstić information content (AvgIpc) is 2.49. The van der Waals surface area contributed by atoms with Crippen molar-refractivity contribution in [2.75, 3.05) is 46.4 Å². The van der Waals surface area contributed by atoms with Crippen LogP contribution < -0.4 is 10.6 Å². The lowest BCUT2D eigenvalue weighted by atomic mass is 10.1. The number of nitrogens with zero attached hydrogens (tertiary/aromatic N) is 1. The first-order valence-electron chi connectivity index (χ1n) is 7.09. The Morgan fingerprint density at radius 3 is 2.65 bits per heavy atom. The fraction of sp³-hybridized carbons (Fsp3) is 0.533. The Kier molecular flexibility index (Phi) is 5.98. The Balaban J connectivity index is 1.73. The summed E-state index contributed by atoms with van der Waals surface area (Å²) in [6, 6.07) is 7.53. The molecular formula is C15H23N3O2. The number of rotatable bonds is 6. The van der Waals surface area contributed by atoms with Gasteiger partial charge >= 0.3 is 0 Å². The SMILES string of the molecule is COCc1ccc(C(=O)NCCN2CCNCC2)cc1. The minimum absolute atomic E-state index is 0.0101. The molecule has 5 nitrogen and oxygen atoms in total. The van der Waals surface area contributed by atoms with Gasteiger partial charge in [-0.25, -0.2) is 0 Å². The molecule has 1 aromatic carbocycles. The second-order valence-electron chi connectivity index (χ2n) is 4.98. The summed E-state index contributed by atoms with van der Waals surface area (Å²) in [4.78, 5) is 14.3. The highest BCUT2D eigenvalue weighted by atomic mass is 16.5. The van der Waals surface area contributed by atoms with E-state index < -0.39 is 0 Å². The molecule has 1 aliphatic heterocycles. The zero-order valence-electron chi connectivity index (χ0n) is 12.0. The summed E-state index contributed by atoms with van der Waals surface area (Å²) in [6.07, 6.45) is 0. The van der Waals surface area contributed by atoms with Crippen molar-refractivity contribution in [3.8, 4) is 0 Å². The molecule has 0 saturated carbocycles. The van der Waals surface area contributed by atoms with Gasteiger partial charge in [0.2, 0.25) is 0 Å². The Morgan fingerprint density at radius 2 is 2.00 bits per heavy atom. The number of hydrogen-bond donors (Lipinski definition) is 2. The molecule has 20 heavy (non-hydrogen) atoms. The van der Waals surface area contributed by atoms with Gasteiger partial charge in [0.25, 0.3) is 5.91 Å². The maximum atomic E-state index is 12.0. The number of carbonyl (C=O) groups is 1. The first-order valence-corrected chi connectivity index (χ1v) is 7.09. The van der Waals surface area contributed by atoms with Crippen molar-refractivity contribution in [2.45, 2.75) is 6.61 Å². The Morgan fingerprint density at radius 1 is 1.30 bits per heavy atom. The van der Waals surface area contributed by atoms with E-state index in [0.717, 1.165) is 38.3 Å².